The summed E-state index contributed by atoms with van der Waals surface area (Å²) < 4.78 is 10.8. The largest absolute Gasteiger partial charge is 0.477 e. The molecule has 1 unspecified atom stereocenters. The van der Waals surface area contributed by atoms with E-state index in [9.17, 15) is 19.5 Å². The maximum absolute atomic E-state index is 12.7. The fourth-order valence-corrected chi connectivity index (χ4v) is 3.45. The summed E-state index contributed by atoms with van der Waals surface area (Å²) in [4.78, 5) is 38.3. The molecule has 1 aromatic rings. The number of carbonyl (C=O) groups is 3. The van der Waals surface area contributed by atoms with Crippen LogP contribution in [0.4, 0.5) is 5.69 Å². The SMILES string of the molecule is CNC(=O)C1CN(C(=O)COC(=O)C2(O)CCCCC2)c2ccccc2O1. The molecular weight excluding hydrogens is 352 g/mol. The van der Waals surface area contributed by atoms with Gasteiger partial charge >= 0.3 is 5.97 Å². The summed E-state index contributed by atoms with van der Waals surface area (Å²) in [7, 11) is 1.49. The normalized spacial score (nSPS) is 20.8. The van der Waals surface area contributed by atoms with Gasteiger partial charge in [0, 0.05) is 7.05 Å². The van der Waals surface area contributed by atoms with E-state index in [-0.39, 0.29) is 12.5 Å². The third-order valence-corrected chi connectivity index (χ3v) is 5.00. The molecule has 146 valence electrons. The highest BCUT2D eigenvalue weighted by Gasteiger charge is 2.40. The van der Waals surface area contributed by atoms with Crippen molar-refractivity contribution in [2.75, 3.05) is 25.1 Å². The molecule has 27 heavy (non-hydrogen) atoms. The van der Waals surface area contributed by atoms with Gasteiger partial charge in [-0.1, -0.05) is 18.6 Å². The van der Waals surface area contributed by atoms with Gasteiger partial charge in [0.25, 0.3) is 11.8 Å². The van der Waals surface area contributed by atoms with Crippen molar-refractivity contribution < 1.29 is 29.0 Å². The number of esters is 1. The van der Waals surface area contributed by atoms with Crippen LogP contribution in [-0.2, 0) is 19.1 Å². The van der Waals surface area contributed by atoms with Crippen molar-refractivity contribution in [3.05, 3.63) is 24.3 Å². The minimum atomic E-state index is -1.51. The van der Waals surface area contributed by atoms with E-state index in [1.807, 2.05) is 0 Å². The molecule has 1 saturated carbocycles. The molecule has 1 heterocycles. The number of aliphatic hydroxyl groups is 1. The van der Waals surface area contributed by atoms with Crippen LogP contribution in [0, 0.1) is 0 Å². The van der Waals surface area contributed by atoms with E-state index in [1.165, 1.54) is 11.9 Å². The maximum Gasteiger partial charge on any atom is 0.338 e. The summed E-state index contributed by atoms with van der Waals surface area (Å²) in [6, 6.07) is 6.86. The highest BCUT2D eigenvalue weighted by atomic mass is 16.6. The van der Waals surface area contributed by atoms with Gasteiger partial charge in [-0.25, -0.2) is 4.79 Å². The first-order valence-electron chi connectivity index (χ1n) is 9.12. The molecule has 1 atom stereocenters. The molecule has 3 rings (SSSR count). The fourth-order valence-electron chi connectivity index (χ4n) is 3.45. The summed E-state index contributed by atoms with van der Waals surface area (Å²) in [5.41, 5.74) is -0.999. The predicted octanol–water partition coefficient (Wildman–Crippen LogP) is 0.765. The molecule has 0 bridgehead atoms. The first-order valence-corrected chi connectivity index (χ1v) is 9.12. The van der Waals surface area contributed by atoms with Gasteiger partial charge in [-0.05, 0) is 37.8 Å². The topological polar surface area (TPSA) is 105 Å². The van der Waals surface area contributed by atoms with E-state index in [0.29, 0.717) is 24.3 Å². The lowest BCUT2D eigenvalue weighted by atomic mass is 9.85. The minimum absolute atomic E-state index is 0.0112. The molecule has 2 aliphatic rings. The number of likely N-dealkylation sites (N-methyl/N-ethyl adjacent to an activating group) is 1. The molecule has 8 heteroatoms. The standard InChI is InChI=1S/C19H24N2O6/c1-20-17(23)15-11-21(13-7-3-4-8-14(13)27-15)16(22)12-26-18(24)19(25)9-5-2-6-10-19/h3-4,7-8,15,25H,2,5-6,9-12H2,1H3,(H,20,23). The molecule has 0 spiro atoms. The Morgan fingerprint density at radius 1 is 1.26 bits per heavy atom. The summed E-state index contributed by atoms with van der Waals surface area (Å²) in [5, 5.41) is 12.9. The zero-order chi connectivity index (χ0) is 19.4. The molecule has 1 fully saturated rings. The fraction of sp³-hybridized carbons (Fsp3) is 0.526. The van der Waals surface area contributed by atoms with Crippen LogP contribution in [0.15, 0.2) is 24.3 Å². The van der Waals surface area contributed by atoms with Crippen molar-refractivity contribution in [1.29, 1.82) is 0 Å². The van der Waals surface area contributed by atoms with Gasteiger partial charge < -0.3 is 24.8 Å². The maximum atomic E-state index is 12.7. The number of para-hydroxylation sites is 2. The van der Waals surface area contributed by atoms with Crippen LogP contribution in [0.25, 0.3) is 0 Å². The van der Waals surface area contributed by atoms with Crippen LogP contribution < -0.4 is 15.0 Å². The number of hydrogen-bond donors (Lipinski definition) is 2. The number of ether oxygens (including phenoxy) is 2. The first kappa shape index (κ1) is 19.2. The Bertz CT molecular complexity index is 729. The zero-order valence-corrected chi connectivity index (χ0v) is 15.3. The van der Waals surface area contributed by atoms with Gasteiger partial charge in [-0.3, -0.25) is 9.59 Å². The smallest absolute Gasteiger partial charge is 0.338 e. The van der Waals surface area contributed by atoms with E-state index < -0.39 is 30.2 Å². The van der Waals surface area contributed by atoms with Crippen LogP contribution in [0.1, 0.15) is 32.1 Å². The van der Waals surface area contributed by atoms with Gasteiger partial charge in [0.15, 0.2) is 18.3 Å². The Morgan fingerprint density at radius 3 is 2.67 bits per heavy atom. The Labute approximate surface area is 157 Å². The molecule has 1 aliphatic heterocycles. The summed E-state index contributed by atoms with van der Waals surface area (Å²) >= 11 is 0. The van der Waals surface area contributed by atoms with Crippen LogP contribution in [0.3, 0.4) is 0 Å². The molecule has 1 aliphatic carbocycles. The van der Waals surface area contributed by atoms with E-state index >= 15 is 0 Å². The molecule has 0 aromatic heterocycles. The third-order valence-electron chi connectivity index (χ3n) is 5.00. The van der Waals surface area contributed by atoms with E-state index in [0.717, 1.165) is 19.3 Å². The lowest BCUT2D eigenvalue weighted by Gasteiger charge is -2.34. The first-order chi connectivity index (χ1) is 12.9. The van der Waals surface area contributed by atoms with Crippen LogP contribution in [0.2, 0.25) is 0 Å². The van der Waals surface area contributed by atoms with Crippen molar-refractivity contribution in [2.45, 2.75) is 43.8 Å². The molecule has 8 nitrogen and oxygen atoms in total. The Hall–Kier alpha value is -2.61. The van der Waals surface area contributed by atoms with E-state index in [2.05, 4.69) is 5.32 Å². The number of nitrogens with one attached hydrogen (secondary N) is 1. The van der Waals surface area contributed by atoms with Crippen LogP contribution >= 0.6 is 0 Å². The van der Waals surface area contributed by atoms with E-state index in [4.69, 9.17) is 9.47 Å². The minimum Gasteiger partial charge on any atom is -0.477 e. The number of fused-ring (bicyclic) bond motifs is 1. The molecule has 2 amide bonds. The molecular formula is C19H24N2O6. The third kappa shape index (κ3) is 4.05. The highest BCUT2D eigenvalue weighted by Crippen LogP contribution is 2.33. The van der Waals surface area contributed by atoms with E-state index in [1.54, 1.807) is 24.3 Å². The average molecular weight is 376 g/mol. The number of carbonyl (C=O) groups excluding carboxylic acids is 3. The van der Waals surface area contributed by atoms with Crippen molar-refractivity contribution in [2.24, 2.45) is 0 Å². The Kier molecular flexibility index (Phi) is 5.65. The Balaban J connectivity index is 1.69. The monoisotopic (exact) mass is 376 g/mol. The summed E-state index contributed by atoms with van der Waals surface area (Å²) in [5.74, 6) is -1.19. The van der Waals surface area contributed by atoms with Crippen molar-refractivity contribution in [3.63, 3.8) is 0 Å². The molecule has 0 radical (unpaired) electrons. The van der Waals surface area contributed by atoms with Gasteiger partial charge in [0.2, 0.25) is 0 Å². The number of benzene rings is 1. The Morgan fingerprint density at radius 2 is 1.96 bits per heavy atom. The number of anilines is 1. The second-order valence-corrected chi connectivity index (χ2v) is 6.86. The van der Waals surface area contributed by atoms with Gasteiger partial charge in [0.1, 0.15) is 5.75 Å². The van der Waals surface area contributed by atoms with Crippen molar-refractivity contribution >= 4 is 23.5 Å². The summed E-state index contributed by atoms with van der Waals surface area (Å²) in [6.45, 7) is -0.493. The van der Waals surface area contributed by atoms with Crippen LogP contribution in [0.5, 0.6) is 5.75 Å². The lowest BCUT2D eigenvalue weighted by Crippen LogP contribution is -2.51. The second-order valence-electron chi connectivity index (χ2n) is 6.86. The van der Waals surface area contributed by atoms with Gasteiger partial charge in [-0.15, -0.1) is 0 Å². The molecule has 1 aromatic carbocycles. The predicted molar refractivity (Wildman–Crippen MR) is 96.3 cm³/mol. The number of rotatable bonds is 4. The van der Waals surface area contributed by atoms with Crippen molar-refractivity contribution in [1.82, 2.24) is 5.32 Å². The second kappa shape index (κ2) is 7.96. The van der Waals surface area contributed by atoms with Crippen LogP contribution in [-0.4, -0.2) is 54.8 Å². The van der Waals surface area contributed by atoms with Crippen molar-refractivity contribution in [3.8, 4) is 5.75 Å². The molecule has 0 saturated heterocycles. The summed E-state index contributed by atoms with van der Waals surface area (Å²) in [6.07, 6.45) is 2.32. The number of nitrogens with zero attached hydrogens (tertiary/aromatic N) is 1. The lowest BCUT2D eigenvalue weighted by molar-refractivity contribution is -0.170. The number of amides is 2. The quantitative estimate of drug-likeness (QED) is 0.752. The molecule has 2 N–H and O–H groups in total. The average Bonchev–Trinajstić information content (AvgIpc) is 2.70. The zero-order valence-electron chi connectivity index (χ0n) is 15.3. The van der Waals surface area contributed by atoms with Gasteiger partial charge in [0.05, 0.1) is 12.2 Å². The highest BCUT2D eigenvalue weighted by molar-refractivity contribution is 5.99. The van der Waals surface area contributed by atoms with Gasteiger partial charge in [-0.2, -0.15) is 0 Å². The number of hydrogen-bond acceptors (Lipinski definition) is 6.